The lowest BCUT2D eigenvalue weighted by atomic mass is 9.94. The highest BCUT2D eigenvalue weighted by Crippen LogP contribution is 2.16. The molecule has 0 aliphatic carbocycles. The third-order valence-corrected chi connectivity index (χ3v) is 3.40. The molecule has 1 rings (SSSR count). The Morgan fingerprint density at radius 2 is 1.76 bits per heavy atom. The van der Waals surface area contributed by atoms with Crippen LogP contribution < -0.4 is 10.6 Å². The number of piperidine rings is 1. The van der Waals surface area contributed by atoms with Gasteiger partial charge in [0.1, 0.15) is 0 Å². The van der Waals surface area contributed by atoms with Crippen LogP contribution in [0.2, 0.25) is 0 Å². The molecule has 0 saturated carbocycles. The molecule has 0 aromatic carbocycles. The summed E-state index contributed by atoms with van der Waals surface area (Å²) in [6.45, 7) is 13.8. The largest absolute Gasteiger partial charge is 0.352 e. The summed E-state index contributed by atoms with van der Waals surface area (Å²) in [5.74, 6) is 0.124. The second-order valence-corrected chi connectivity index (χ2v) is 8.10. The SMILES string of the molecule is CC(C)(C)NC(=O)CN1CCCC(NC(=O)C(C)(C)C)C1. The van der Waals surface area contributed by atoms with E-state index in [1.165, 1.54) is 0 Å². The predicted molar refractivity (Wildman–Crippen MR) is 85.0 cm³/mol. The van der Waals surface area contributed by atoms with E-state index in [-0.39, 0.29) is 28.8 Å². The fraction of sp³-hybridized carbons (Fsp3) is 0.875. The molecule has 2 N–H and O–H groups in total. The van der Waals surface area contributed by atoms with Crippen LogP contribution in [0.15, 0.2) is 0 Å². The summed E-state index contributed by atoms with van der Waals surface area (Å²) in [6.07, 6.45) is 2.00. The highest BCUT2D eigenvalue weighted by Gasteiger charge is 2.28. The van der Waals surface area contributed by atoms with Crippen LogP contribution in [0.25, 0.3) is 0 Å². The number of nitrogens with one attached hydrogen (secondary N) is 2. The van der Waals surface area contributed by atoms with E-state index >= 15 is 0 Å². The van der Waals surface area contributed by atoms with Crippen molar-refractivity contribution in [2.45, 2.75) is 66.0 Å². The molecule has 1 fully saturated rings. The van der Waals surface area contributed by atoms with E-state index in [4.69, 9.17) is 0 Å². The molecule has 1 unspecified atom stereocenters. The van der Waals surface area contributed by atoms with Gasteiger partial charge in [-0.05, 0) is 40.2 Å². The molecule has 5 heteroatoms. The van der Waals surface area contributed by atoms with E-state index in [1.807, 2.05) is 41.5 Å². The summed E-state index contributed by atoms with van der Waals surface area (Å²) in [5.41, 5.74) is -0.571. The summed E-state index contributed by atoms with van der Waals surface area (Å²) in [6, 6.07) is 0.146. The molecule has 0 bridgehead atoms. The van der Waals surface area contributed by atoms with Crippen LogP contribution in [0.3, 0.4) is 0 Å². The molecular formula is C16H31N3O2. The molecule has 0 aromatic heterocycles. The first-order valence-electron chi connectivity index (χ1n) is 7.82. The maximum atomic E-state index is 12.0. The fourth-order valence-electron chi connectivity index (χ4n) is 2.38. The topological polar surface area (TPSA) is 61.4 Å². The number of rotatable bonds is 3. The molecule has 1 aliphatic rings. The Labute approximate surface area is 128 Å². The Morgan fingerprint density at radius 3 is 2.29 bits per heavy atom. The Hall–Kier alpha value is -1.10. The van der Waals surface area contributed by atoms with Crippen molar-refractivity contribution in [1.82, 2.24) is 15.5 Å². The van der Waals surface area contributed by atoms with Crippen LogP contribution in [-0.4, -0.2) is 47.9 Å². The molecular weight excluding hydrogens is 266 g/mol. The van der Waals surface area contributed by atoms with Gasteiger partial charge in [0, 0.05) is 23.5 Å². The number of carbonyl (C=O) groups is 2. The van der Waals surface area contributed by atoms with E-state index in [1.54, 1.807) is 0 Å². The monoisotopic (exact) mass is 297 g/mol. The lowest BCUT2D eigenvalue weighted by Crippen LogP contribution is -2.53. The van der Waals surface area contributed by atoms with Crippen molar-refractivity contribution in [3.05, 3.63) is 0 Å². The van der Waals surface area contributed by atoms with Crippen molar-refractivity contribution in [3.8, 4) is 0 Å². The molecule has 21 heavy (non-hydrogen) atoms. The van der Waals surface area contributed by atoms with Crippen LogP contribution in [-0.2, 0) is 9.59 Å². The Kier molecular flexibility index (Phi) is 5.79. The lowest BCUT2D eigenvalue weighted by Gasteiger charge is -2.34. The molecule has 0 aromatic rings. The molecule has 0 radical (unpaired) electrons. The Morgan fingerprint density at radius 1 is 1.14 bits per heavy atom. The average molecular weight is 297 g/mol. The van der Waals surface area contributed by atoms with E-state index < -0.39 is 0 Å². The minimum absolute atomic E-state index is 0.0466. The zero-order valence-corrected chi connectivity index (χ0v) is 14.4. The number of nitrogens with zero attached hydrogens (tertiary/aromatic N) is 1. The summed E-state index contributed by atoms with van der Waals surface area (Å²) >= 11 is 0. The quantitative estimate of drug-likeness (QED) is 0.830. The average Bonchev–Trinajstić information content (AvgIpc) is 2.25. The minimum Gasteiger partial charge on any atom is -0.352 e. The fourth-order valence-corrected chi connectivity index (χ4v) is 2.38. The van der Waals surface area contributed by atoms with Gasteiger partial charge in [0.15, 0.2) is 0 Å². The van der Waals surface area contributed by atoms with Crippen molar-refractivity contribution in [2.75, 3.05) is 19.6 Å². The number of amides is 2. The minimum atomic E-state index is -0.369. The van der Waals surface area contributed by atoms with Crippen molar-refractivity contribution in [2.24, 2.45) is 5.41 Å². The molecule has 1 aliphatic heterocycles. The van der Waals surface area contributed by atoms with Gasteiger partial charge < -0.3 is 10.6 Å². The van der Waals surface area contributed by atoms with Crippen molar-refractivity contribution in [1.29, 1.82) is 0 Å². The van der Waals surface area contributed by atoms with E-state index in [0.717, 1.165) is 25.9 Å². The first kappa shape index (κ1) is 18.0. The highest BCUT2D eigenvalue weighted by atomic mass is 16.2. The maximum absolute atomic E-state index is 12.0. The lowest BCUT2D eigenvalue weighted by molar-refractivity contribution is -0.129. The van der Waals surface area contributed by atoms with Gasteiger partial charge in [0.2, 0.25) is 11.8 Å². The van der Waals surface area contributed by atoms with Gasteiger partial charge in [-0.1, -0.05) is 20.8 Å². The molecule has 1 saturated heterocycles. The molecule has 122 valence electrons. The number of hydrogen-bond donors (Lipinski definition) is 2. The normalized spacial score (nSPS) is 21.0. The third kappa shape index (κ3) is 6.93. The summed E-state index contributed by atoms with van der Waals surface area (Å²) in [4.78, 5) is 26.1. The second kappa shape index (κ2) is 6.77. The smallest absolute Gasteiger partial charge is 0.234 e. The molecule has 5 nitrogen and oxygen atoms in total. The van der Waals surface area contributed by atoms with Gasteiger partial charge in [0.05, 0.1) is 6.54 Å². The zero-order chi connectivity index (χ0) is 16.3. The van der Waals surface area contributed by atoms with Crippen LogP contribution in [0.4, 0.5) is 0 Å². The Bertz CT molecular complexity index is 380. The van der Waals surface area contributed by atoms with Gasteiger partial charge in [-0.3, -0.25) is 14.5 Å². The second-order valence-electron chi connectivity index (χ2n) is 8.10. The van der Waals surface area contributed by atoms with Gasteiger partial charge in [-0.15, -0.1) is 0 Å². The summed E-state index contributed by atoms with van der Waals surface area (Å²) in [7, 11) is 0. The Balaban J connectivity index is 2.46. The van der Waals surface area contributed by atoms with Gasteiger partial charge >= 0.3 is 0 Å². The molecule has 1 atom stereocenters. The highest BCUT2D eigenvalue weighted by molar-refractivity contribution is 5.81. The maximum Gasteiger partial charge on any atom is 0.234 e. The number of hydrogen-bond acceptors (Lipinski definition) is 3. The standard InChI is InChI=1S/C16H31N3O2/c1-15(2,3)14(21)17-12-8-7-9-19(10-12)11-13(20)18-16(4,5)6/h12H,7-11H2,1-6H3,(H,17,21)(H,18,20). The first-order valence-corrected chi connectivity index (χ1v) is 7.82. The van der Waals surface area contributed by atoms with E-state index in [0.29, 0.717) is 6.54 Å². The van der Waals surface area contributed by atoms with Crippen molar-refractivity contribution < 1.29 is 9.59 Å². The van der Waals surface area contributed by atoms with Crippen LogP contribution in [0.1, 0.15) is 54.4 Å². The zero-order valence-electron chi connectivity index (χ0n) is 14.4. The van der Waals surface area contributed by atoms with Crippen LogP contribution in [0, 0.1) is 5.41 Å². The van der Waals surface area contributed by atoms with Gasteiger partial charge in [0.25, 0.3) is 0 Å². The molecule has 2 amide bonds. The first-order chi connectivity index (χ1) is 9.47. The van der Waals surface area contributed by atoms with E-state index in [2.05, 4.69) is 15.5 Å². The van der Waals surface area contributed by atoms with E-state index in [9.17, 15) is 9.59 Å². The number of likely N-dealkylation sites (tertiary alicyclic amines) is 1. The summed E-state index contributed by atoms with van der Waals surface area (Å²) < 4.78 is 0. The predicted octanol–water partition coefficient (Wildman–Crippen LogP) is 1.53. The summed E-state index contributed by atoms with van der Waals surface area (Å²) in [5, 5.41) is 6.08. The van der Waals surface area contributed by atoms with Crippen molar-refractivity contribution >= 4 is 11.8 Å². The van der Waals surface area contributed by atoms with Crippen LogP contribution in [0.5, 0.6) is 0 Å². The number of carbonyl (C=O) groups excluding carboxylic acids is 2. The van der Waals surface area contributed by atoms with Crippen LogP contribution >= 0.6 is 0 Å². The molecule has 1 heterocycles. The molecule has 0 spiro atoms. The van der Waals surface area contributed by atoms with Crippen molar-refractivity contribution in [3.63, 3.8) is 0 Å². The van der Waals surface area contributed by atoms with Gasteiger partial charge in [-0.2, -0.15) is 0 Å². The van der Waals surface area contributed by atoms with Gasteiger partial charge in [-0.25, -0.2) is 0 Å². The third-order valence-electron chi connectivity index (χ3n) is 3.40.